The molecule has 0 saturated heterocycles. The Bertz CT molecular complexity index is 2950. The molecule has 0 spiro atoms. The van der Waals surface area contributed by atoms with Gasteiger partial charge in [-0.25, -0.2) is 9.97 Å². The zero-order chi connectivity index (χ0) is 33.5. The number of fused-ring (bicyclic) bond motifs is 12. The maximum atomic E-state index is 6.98. The molecule has 0 amide bonds. The van der Waals surface area contributed by atoms with Crippen LogP contribution < -0.4 is 0 Å². The van der Waals surface area contributed by atoms with Gasteiger partial charge in [0.15, 0.2) is 5.58 Å². The average molecular weight is 655 g/mol. The Morgan fingerprint density at radius 3 is 1.90 bits per heavy atom. The standard InChI is InChI=1S/C46H30N4O/c1-4-16-29(17-5-1)35-28-36(30-18-6-2-7-19-30)48-46(47-35)50-38-26-14-11-23-33(38)40-41-32-22-10-13-25-37(32)49(31-20-8-3-9-21-31)44(41)45-42(43(40)50)34-24-12-15-27-39(34)51-45/h1-13,15-25,27-28H,14,26H2. The molecule has 11 rings (SSSR count). The van der Waals surface area contributed by atoms with Gasteiger partial charge in [-0.2, -0.15) is 0 Å². The van der Waals surface area contributed by atoms with E-state index in [-0.39, 0.29) is 0 Å². The van der Waals surface area contributed by atoms with E-state index in [0.29, 0.717) is 5.95 Å². The number of rotatable bonds is 4. The van der Waals surface area contributed by atoms with E-state index < -0.39 is 0 Å². The van der Waals surface area contributed by atoms with E-state index in [2.05, 4.69) is 155 Å². The Morgan fingerprint density at radius 2 is 1.18 bits per heavy atom. The zero-order valence-electron chi connectivity index (χ0n) is 27.6. The SMILES string of the molecule is C1=Cc2c(n(-c3nc(-c4ccccc4)cc(-c4ccccc4)n3)c3c2c2c4ccccc4n(-c4ccccc4)c2c2oc4ccccc4c23)CC1. The van der Waals surface area contributed by atoms with Crippen LogP contribution in [0.25, 0.3) is 94.9 Å². The van der Waals surface area contributed by atoms with Crippen LogP contribution in [0.3, 0.4) is 0 Å². The van der Waals surface area contributed by atoms with Crippen molar-refractivity contribution in [2.75, 3.05) is 0 Å². The lowest BCUT2D eigenvalue weighted by Crippen LogP contribution is -2.08. The minimum absolute atomic E-state index is 0.662. The molecule has 5 nitrogen and oxygen atoms in total. The minimum atomic E-state index is 0.662. The second-order valence-corrected chi connectivity index (χ2v) is 13.2. The monoisotopic (exact) mass is 654 g/mol. The number of aromatic nitrogens is 4. The van der Waals surface area contributed by atoms with Crippen LogP contribution in [0.4, 0.5) is 0 Å². The smallest absolute Gasteiger partial charge is 0.235 e. The molecule has 0 bridgehead atoms. The van der Waals surface area contributed by atoms with E-state index >= 15 is 0 Å². The summed E-state index contributed by atoms with van der Waals surface area (Å²) in [7, 11) is 0. The highest BCUT2D eigenvalue weighted by Gasteiger charge is 2.30. The van der Waals surface area contributed by atoms with E-state index in [0.717, 1.165) is 79.5 Å². The van der Waals surface area contributed by atoms with Crippen molar-refractivity contribution in [3.05, 3.63) is 163 Å². The van der Waals surface area contributed by atoms with Gasteiger partial charge < -0.3 is 8.98 Å². The quantitative estimate of drug-likeness (QED) is 0.190. The van der Waals surface area contributed by atoms with Crippen molar-refractivity contribution < 1.29 is 4.42 Å². The van der Waals surface area contributed by atoms with Gasteiger partial charge in [-0.05, 0) is 43.2 Å². The van der Waals surface area contributed by atoms with Crippen molar-refractivity contribution in [3.8, 4) is 34.2 Å². The highest BCUT2D eigenvalue weighted by Crippen LogP contribution is 2.49. The first kappa shape index (κ1) is 28.2. The maximum absolute atomic E-state index is 6.98. The molecule has 0 unspecified atom stereocenters. The number of hydrogen-bond acceptors (Lipinski definition) is 3. The summed E-state index contributed by atoms with van der Waals surface area (Å²) in [4.78, 5) is 10.8. The Balaban J connectivity index is 1.38. The number of nitrogens with zero attached hydrogens (tertiary/aromatic N) is 4. The molecule has 0 radical (unpaired) electrons. The molecule has 0 fully saturated rings. The minimum Gasteiger partial charge on any atom is -0.454 e. The van der Waals surface area contributed by atoms with Gasteiger partial charge in [0.1, 0.15) is 5.58 Å². The van der Waals surface area contributed by atoms with Crippen LogP contribution in [0.5, 0.6) is 0 Å². The Kier molecular flexibility index (Phi) is 6.01. The van der Waals surface area contributed by atoms with Gasteiger partial charge in [0.2, 0.25) is 5.95 Å². The van der Waals surface area contributed by atoms with Crippen molar-refractivity contribution >= 4 is 60.7 Å². The summed E-state index contributed by atoms with van der Waals surface area (Å²) >= 11 is 0. The van der Waals surface area contributed by atoms with E-state index in [1.165, 1.54) is 27.4 Å². The van der Waals surface area contributed by atoms with Crippen LogP contribution in [0.2, 0.25) is 0 Å². The molecule has 1 aliphatic carbocycles. The highest BCUT2D eigenvalue weighted by atomic mass is 16.3. The molecule has 0 atom stereocenters. The molecular weight excluding hydrogens is 625 g/mol. The van der Waals surface area contributed by atoms with Crippen molar-refractivity contribution in [3.63, 3.8) is 0 Å². The van der Waals surface area contributed by atoms with Crippen LogP contribution in [0, 0.1) is 0 Å². The Morgan fingerprint density at radius 1 is 0.549 bits per heavy atom. The van der Waals surface area contributed by atoms with Crippen LogP contribution >= 0.6 is 0 Å². The predicted octanol–water partition coefficient (Wildman–Crippen LogP) is 11.7. The van der Waals surface area contributed by atoms with Crippen LogP contribution in [-0.2, 0) is 6.42 Å². The summed E-state index contributed by atoms with van der Waals surface area (Å²) in [6, 6.07) is 50.8. The summed E-state index contributed by atoms with van der Waals surface area (Å²) in [6.45, 7) is 0. The van der Waals surface area contributed by atoms with Crippen LogP contribution in [0.1, 0.15) is 17.7 Å². The molecule has 4 heterocycles. The maximum Gasteiger partial charge on any atom is 0.235 e. The van der Waals surface area contributed by atoms with Gasteiger partial charge in [0.05, 0.1) is 33.3 Å². The fraction of sp³-hybridized carbons (Fsp3) is 0.0435. The summed E-state index contributed by atoms with van der Waals surface area (Å²) in [5.74, 6) is 0.662. The third-order valence-corrected chi connectivity index (χ3v) is 10.4. The topological polar surface area (TPSA) is 48.8 Å². The summed E-state index contributed by atoms with van der Waals surface area (Å²) in [6.07, 6.45) is 6.44. The number of furan rings is 1. The molecule has 5 heteroatoms. The number of hydrogen-bond donors (Lipinski definition) is 0. The van der Waals surface area contributed by atoms with Gasteiger partial charge in [-0.15, -0.1) is 0 Å². The Labute approximate surface area is 293 Å². The first-order chi connectivity index (χ1) is 25.3. The molecule has 51 heavy (non-hydrogen) atoms. The number of para-hydroxylation sites is 3. The van der Waals surface area contributed by atoms with Crippen LogP contribution in [-0.4, -0.2) is 19.1 Å². The molecule has 0 aliphatic heterocycles. The molecule has 10 aromatic rings. The van der Waals surface area contributed by atoms with E-state index in [1.807, 2.05) is 12.1 Å². The fourth-order valence-electron chi connectivity index (χ4n) is 8.25. The first-order valence-corrected chi connectivity index (χ1v) is 17.5. The van der Waals surface area contributed by atoms with E-state index in [4.69, 9.17) is 14.4 Å². The van der Waals surface area contributed by atoms with E-state index in [1.54, 1.807) is 0 Å². The van der Waals surface area contributed by atoms with Gasteiger partial charge in [0, 0.05) is 49.6 Å². The average Bonchev–Trinajstić information content (AvgIpc) is 3.87. The summed E-state index contributed by atoms with van der Waals surface area (Å²) in [5, 5.41) is 5.72. The molecule has 4 aromatic heterocycles. The zero-order valence-corrected chi connectivity index (χ0v) is 27.6. The molecule has 240 valence electrons. The summed E-state index contributed by atoms with van der Waals surface area (Å²) < 4.78 is 11.7. The Hall–Kier alpha value is -6.72. The summed E-state index contributed by atoms with van der Waals surface area (Å²) in [5.41, 5.74) is 12.4. The van der Waals surface area contributed by atoms with Crippen molar-refractivity contribution in [2.45, 2.75) is 12.8 Å². The molecular formula is C46H30N4O. The predicted molar refractivity (Wildman–Crippen MR) is 209 cm³/mol. The van der Waals surface area contributed by atoms with Gasteiger partial charge >= 0.3 is 0 Å². The molecule has 0 N–H and O–H groups in total. The fourth-order valence-corrected chi connectivity index (χ4v) is 8.25. The van der Waals surface area contributed by atoms with Gasteiger partial charge in [-0.1, -0.05) is 127 Å². The molecule has 0 saturated carbocycles. The van der Waals surface area contributed by atoms with Gasteiger partial charge in [0.25, 0.3) is 0 Å². The third kappa shape index (κ3) is 4.09. The van der Waals surface area contributed by atoms with Crippen molar-refractivity contribution in [1.82, 2.24) is 19.1 Å². The van der Waals surface area contributed by atoms with Crippen molar-refractivity contribution in [2.24, 2.45) is 0 Å². The number of benzene rings is 6. The highest BCUT2D eigenvalue weighted by molar-refractivity contribution is 6.36. The van der Waals surface area contributed by atoms with E-state index in [9.17, 15) is 0 Å². The normalized spacial score (nSPS) is 12.9. The second-order valence-electron chi connectivity index (χ2n) is 13.2. The number of allylic oxidation sites excluding steroid dienone is 1. The lowest BCUT2D eigenvalue weighted by atomic mass is 9.97. The lowest BCUT2D eigenvalue weighted by Gasteiger charge is -2.15. The third-order valence-electron chi connectivity index (χ3n) is 10.4. The van der Waals surface area contributed by atoms with Crippen molar-refractivity contribution in [1.29, 1.82) is 0 Å². The molecule has 6 aromatic carbocycles. The molecule has 1 aliphatic rings. The largest absolute Gasteiger partial charge is 0.454 e. The first-order valence-electron chi connectivity index (χ1n) is 17.5. The van der Waals surface area contributed by atoms with Crippen LogP contribution in [0.15, 0.2) is 156 Å². The van der Waals surface area contributed by atoms with Gasteiger partial charge in [-0.3, -0.25) is 4.57 Å². The lowest BCUT2D eigenvalue weighted by molar-refractivity contribution is 0.671. The second kappa shape index (κ2) is 10.9.